The monoisotopic (exact) mass is 568 g/mol. The Morgan fingerprint density at radius 2 is 1.95 bits per heavy atom. The normalized spacial score (nSPS) is 12.0. The van der Waals surface area contributed by atoms with E-state index in [0.717, 1.165) is 5.56 Å². The zero-order chi connectivity index (χ0) is 28.3. The van der Waals surface area contributed by atoms with Crippen LogP contribution in [0.15, 0.2) is 71.4 Å². The molecule has 2 aromatic carbocycles. The number of H-pyrrole nitrogens is 1. The van der Waals surface area contributed by atoms with E-state index in [1.165, 1.54) is 23.0 Å². The minimum Gasteiger partial charge on any atom is -0.358 e. The number of imidazole rings is 1. The highest BCUT2D eigenvalue weighted by Crippen LogP contribution is 2.27. The van der Waals surface area contributed by atoms with Gasteiger partial charge in [-0.2, -0.15) is 0 Å². The Kier molecular flexibility index (Phi) is 7.06. The zero-order valence-electron chi connectivity index (χ0n) is 21.7. The smallest absolute Gasteiger partial charge is 0.294 e. The van der Waals surface area contributed by atoms with Crippen LogP contribution in [0.2, 0.25) is 0 Å². The van der Waals surface area contributed by atoms with Crippen molar-refractivity contribution >= 4 is 50.3 Å². The molecule has 0 radical (unpaired) electrons. The summed E-state index contributed by atoms with van der Waals surface area (Å²) in [6, 6.07) is 14.5. The first-order valence-corrected chi connectivity index (χ1v) is 13.6. The summed E-state index contributed by atoms with van der Waals surface area (Å²) < 4.78 is 1.63. The van der Waals surface area contributed by atoms with E-state index in [0.29, 0.717) is 50.9 Å². The molecule has 5 N–H and O–H groups in total. The van der Waals surface area contributed by atoms with E-state index in [4.69, 9.17) is 10.2 Å². The Bertz CT molecular complexity index is 1920. The van der Waals surface area contributed by atoms with Crippen molar-refractivity contribution in [3.8, 4) is 5.69 Å². The van der Waals surface area contributed by atoms with Crippen molar-refractivity contribution < 1.29 is 10.0 Å². The SMILES string of the molecule is CC[C@H](Nc1ncnc2[nH]cnc12)c1nc2cccc(CNc3nc(C(=O)NO)cs3)c2c(=O)n1-c1ccccc1. The number of amides is 1. The third-order valence-corrected chi connectivity index (χ3v) is 7.34. The Morgan fingerprint density at radius 1 is 1.10 bits per heavy atom. The first-order valence-electron chi connectivity index (χ1n) is 12.7. The van der Waals surface area contributed by atoms with Crippen LogP contribution >= 0.6 is 11.3 Å². The number of anilines is 2. The van der Waals surface area contributed by atoms with Crippen LogP contribution in [0.25, 0.3) is 27.8 Å². The van der Waals surface area contributed by atoms with E-state index in [9.17, 15) is 9.59 Å². The summed E-state index contributed by atoms with van der Waals surface area (Å²) in [5.74, 6) is 0.368. The van der Waals surface area contributed by atoms with Gasteiger partial charge in [0.1, 0.15) is 23.4 Å². The minimum absolute atomic E-state index is 0.0876. The van der Waals surface area contributed by atoms with Crippen molar-refractivity contribution in [1.29, 1.82) is 0 Å². The molecule has 0 saturated heterocycles. The van der Waals surface area contributed by atoms with Gasteiger partial charge in [0.05, 0.1) is 29.0 Å². The number of carbonyl (C=O) groups excluding carboxylic acids is 1. The van der Waals surface area contributed by atoms with Gasteiger partial charge in [0.2, 0.25) is 0 Å². The molecule has 4 aromatic heterocycles. The van der Waals surface area contributed by atoms with E-state index in [-0.39, 0.29) is 23.8 Å². The third-order valence-electron chi connectivity index (χ3n) is 6.54. The number of thiazole rings is 1. The summed E-state index contributed by atoms with van der Waals surface area (Å²) in [5, 5.41) is 17.9. The van der Waals surface area contributed by atoms with Gasteiger partial charge < -0.3 is 15.6 Å². The van der Waals surface area contributed by atoms with E-state index >= 15 is 0 Å². The molecule has 0 unspecified atom stereocenters. The fourth-order valence-corrected chi connectivity index (χ4v) is 5.28. The summed E-state index contributed by atoms with van der Waals surface area (Å²) in [6.45, 7) is 2.27. The molecule has 13 nitrogen and oxygen atoms in total. The van der Waals surface area contributed by atoms with Crippen LogP contribution in [0, 0.1) is 0 Å². The number of rotatable bonds is 9. The highest BCUT2D eigenvalue weighted by atomic mass is 32.1. The molecule has 6 rings (SSSR count). The van der Waals surface area contributed by atoms with Crippen LogP contribution in [0.3, 0.4) is 0 Å². The number of nitrogens with zero attached hydrogens (tertiary/aromatic N) is 6. The van der Waals surface area contributed by atoms with E-state index < -0.39 is 5.91 Å². The first-order chi connectivity index (χ1) is 20.1. The van der Waals surface area contributed by atoms with Crippen LogP contribution in [-0.2, 0) is 6.54 Å². The highest BCUT2D eigenvalue weighted by Gasteiger charge is 2.23. The van der Waals surface area contributed by atoms with Gasteiger partial charge in [-0.05, 0) is 30.2 Å². The Morgan fingerprint density at radius 3 is 2.76 bits per heavy atom. The maximum absolute atomic E-state index is 14.3. The van der Waals surface area contributed by atoms with Gasteiger partial charge in [0, 0.05) is 11.9 Å². The van der Waals surface area contributed by atoms with Gasteiger partial charge in [-0.25, -0.2) is 30.4 Å². The molecule has 0 fully saturated rings. The minimum atomic E-state index is -0.698. The number of hydrogen-bond acceptors (Lipinski definition) is 11. The first kappa shape index (κ1) is 26.0. The zero-order valence-corrected chi connectivity index (χ0v) is 22.5. The van der Waals surface area contributed by atoms with Gasteiger partial charge in [0.25, 0.3) is 11.5 Å². The second-order valence-corrected chi connectivity index (χ2v) is 9.88. The number of carbonyl (C=O) groups is 1. The highest BCUT2D eigenvalue weighted by molar-refractivity contribution is 7.13. The van der Waals surface area contributed by atoms with Gasteiger partial charge in [-0.3, -0.25) is 19.4 Å². The van der Waals surface area contributed by atoms with Crippen LogP contribution < -0.4 is 21.7 Å². The maximum atomic E-state index is 14.3. The predicted molar refractivity (Wildman–Crippen MR) is 154 cm³/mol. The molecular weight excluding hydrogens is 544 g/mol. The third kappa shape index (κ3) is 4.97. The van der Waals surface area contributed by atoms with Crippen molar-refractivity contribution in [2.24, 2.45) is 0 Å². The van der Waals surface area contributed by atoms with E-state index in [1.54, 1.807) is 16.4 Å². The fourth-order valence-electron chi connectivity index (χ4n) is 4.60. The summed E-state index contributed by atoms with van der Waals surface area (Å²) in [5.41, 5.74) is 4.57. The molecule has 0 aliphatic rings. The molecule has 4 heterocycles. The van der Waals surface area contributed by atoms with Crippen molar-refractivity contribution in [3.63, 3.8) is 0 Å². The van der Waals surface area contributed by atoms with Crippen LogP contribution in [-0.4, -0.2) is 45.6 Å². The molecule has 0 saturated carbocycles. The Hall–Kier alpha value is -5.21. The van der Waals surface area contributed by atoms with Gasteiger partial charge in [0.15, 0.2) is 16.6 Å². The van der Waals surface area contributed by atoms with E-state index in [2.05, 4.69) is 35.6 Å². The molecule has 0 aliphatic heterocycles. The molecular formula is C27H24N10O3S. The number of hydrogen-bond donors (Lipinski definition) is 5. The lowest BCUT2D eigenvalue weighted by molar-refractivity contribution is 0.0701. The summed E-state index contributed by atoms with van der Waals surface area (Å²) in [6.07, 6.45) is 3.62. The van der Waals surface area contributed by atoms with Crippen molar-refractivity contribution in [2.45, 2.75) is 25.9 Å². The lowest BCUT2D eigenvalue weighted by Gasteiger charge is -2.22. The van der Waals surface area contributed by atoms with Crippen molar-refractivity contribution in [2.75, 3.05) is 10.6 Å². The lowest BCUT2D eigenvalue weighted by atomic mass is 10.1. The number of fused-ring (bicyclic) bond motifs is 2. The largest absolute Gasteiger partial charge is 0.358 e. The molecule has 206 valence electrons. The average Bonchev–Trinajstić information content (AvgIpc) is 3.69. The Balaban J connectivity index is 1.44. The number of aromatic amines is 1. The predicted octanol–water partition coefficient (Wildman–Crippen LogP) is 3.80. The molecule has 41 heavy (non-hydrogen) atoms. The standard InChI is InChI=1S/C27H24N10O3S/c1-2-17(33-23-21-22(30-13-29-21)31-14-32-23)24-34-18-10-6-7-15(11-28-27-35-19(12-41-27)25(38)36-40)20(18)26(39)37(24)16-8-4-3-5-9-16/h3-10,12-14,17,40H,2,11H2,1H3,(H,28,35)(H,36,38)(H2,29,30,31,32,33)/t17-/m0/s1. The molecule has 1 atom stereocenters. The van der Waals surface area contributed by atoms with Gasteiger partial charge >= 0.3 is 0 Å². The lowest BCUT2D eigenvalue weighted by Crippen LogP contribution is -2.29. The molecule has 0 bridgehead atoms. The average molecular weight is 569 g/mol. The van der Waals surface area contributed by atoms with Crippen molar-refractivity contribution in [1.82, 2.24) is 40.0 Å². The molecule has 1 amide bonds. The van der Waals surface area contributed by atoms with Crippen LogP contribution in [0.1, 0.15) is 41.3 Å². The van der Waals surface area contributed by atoms with Crippen molar-refractivity contribution in [3.05, 3.63) is 94.0 Å². The quantitative estimate of drug-likeness (QED) is 0.127. The second-order valence-electron chi connectivity index (χ2n) is 9.02. The maximum Gasteiger partial charge on any atom is 0.294 e. The summed E-state index contributed by atoms with van der Waals surface area (Å²) >= 11 is 1.21. The molecule has 14 heteroatoms. The topological polar surface area (TPSA) is 176 Å². The number of para-hydroxylation sites is 1. The summed E-state index contributed by atoms with van der Waals surface area (Å²) in [4.78, 5) is 51.1. The van der Waals surface area contributed by atoms with Gasteiger partial charge in [-0.15, -0.1) is 11.3 Å². The number of benzene rings is 2. The second kappa shape index (κ2) is 11.1. The Labute approximate surface area is 236 Å². The fraction of sp³-hybridized carbons (Fsp3) is 0.148. The molecule has 0 spiro atoms. The van der Waals surface area contributed by atoms with E-state index in [1.807, 2.05) is 55.5 Å². The van der Waals surface area contributed by atoms with Crippen LogP contribution in [0.5, 0.6) is 0 Å². The number of nitrogens with one attached hydrogen (secondary N) is 4. The molecule has 6 aromatic rings. The van der Waals surface area contributed by atoms with Crippen LogP contribution in [0.4, 0.5) is 10.9 Å². The summed E-state index contributed by atoms with van der Waals surface area (Å²) in [7, 11) is 0. The van der Waals surface area contributed by atoms with Gasteiger partial charge in [-0.1, -0.05) is 37.3 Å². The molecule has 0 aliphatic carbocycles. The number of aromatic nitrogens is 7. The number of hydroxylamine groups is 1.